The number of nitriles is 1. The van der Waals surface area contributed by atoms with Crippen LogP contribution in [0.2, 0.25) is 0 Å². The smallest absolute Gasteiger partial charge is 0.188 e. The van der Waals surface area contributed by atoms with Gasteiger partial charge in [0.05, 0.1) is 12.2 Å². The maximum Gasteiger partial charge on any atom is 0.188 e. The highest BCUT2D eigenvalue weighted by Gasteiger charge is 2.61. The Morgan fingerprint density at radius 3 is 2.39 bits per heavy atom. The lowest BCUT2D eigenvalue weighted by atomic mass is 9.41. The fourth-order valence-electron chi connectivity index (χ4n) is 9.05. The maximum absolute atomic E-state index is 13.2. The molecule has 3 aliphatic carbocycles. The second-order valence-electron chi connectivity index (χ2n) is 15.2. The Kier molecular flexibility index (Phi) is 8.80. The first-order valence-corrected chi connectivity index (χ1v) is 14.8. The van der Waals surface area contributed by atoms with Crippen LogP contribution in [-0.4, -0.2) is 25.0 Å². The Morgan fingerprint density at radius 2 is 1.84 bits per heavy atom. The highest BCUT2D eigenvalue weighted by atomic mass is 19.1. The van der Waals surface area contributed by atoms with Crippen LogP contribution in [0.3, 0.4) is 0 Å². The average Bonchev–Trinajstić information content (AvgIpc) is 2.82. The summed E-state index contributed by atoms with van der Waals surface area (Å²) in [7, 11) is 0. The molecule has 2 saturated carbocycles. The molecule has 7 atom stereocenters. The number of Topliss-reactive ketones (excluding diaryl/α,β-unsaturated/α-hetero) is 2. The van der Waals surface area contributed by atoms with E-state index in [2.05, 4.69) is 54.5 Å². The van der Waals surface area contributed by atoms with Crippen molar-refractivity contribution in [3.63, 3.8) is 0 Å². The Labute approximate surface area is 231 Å². The second kappa shape index (κ2) is 10.8. The van der Waals surface area contributed by atoms with Gasteiger partial charge in [0.1, 0.15) is 11.9 Å². The van der Waals surface area contributed by atoms with Gasteiger partial charge in [-0.05, 0) is 96.7 Å². The second-order valence-corrected chi connectivity index (χ2v) is 15.2. The summed E-state index contributed by atoms with van der Waals surface area (Å²) in [5, 5.41) is 9.79. The van der Waals surface area contributed by atoms with E-state index in [0.29, 0.717) is 24.4 Å². The molecule has 0 N–H and O–H groups in total. The monoisotopic (exact) mass is 529 g/mol. The van der Waals surface area contributed by atoms with Crippen molar-refractivity contribution in [2.75, 3.05) is 13.5 Å². The number of nitrogens with zero attached hydrogens (tertiary/aromatic N) is 1. The number of carbonyl (C=O) groups is 2. The van der Waals surface area contributed by atoms with Gasteiger partial charge in [-0.1, -0.05) is 61.5 Å². The topological polar surface area (TPSA) is 67.2 Å². The standard InChI is InChI=1S/C33H52FNO3/c1-22-17-29(4,5)12-14-33(22,20-38-21-34)15-13-30(6,7)32(9)11-10-26-24(3)28(37)25(19-35)18-31(26,8)27(32)16-23(2)36/h18,22,24,26-27H,10-17,20-21H2,1-9H3/t22?,24-,26-,27+,31-,32+,33+/m0/s1. The van der Waals surface area contributed by atoms with Crippen LogP contribution in [0.25, 0.3) is 0 Å². The molecule has 0 aromatic heterocycles. The van der Waals surface area contributed by atoms with E-state index in [9.17, 15) is 19.2 Å². The molecule has 0 saturated heterocycles. The molecule has 2 fully saturated rings. The van der Waals surface area contributed by atoms with Gasteiger partial charge in [-0.2, -0.15) is 5.26 Å². The van der Waals surface area contributed by atoms with E-state index >= 15 is 0 Å². The lowest BCUT2D eigenvalue weighted by molar-refractivity contribution is -0.146. The Morgan fingerprint density at radius 1 is 1.18 bits per heavy atom. The van der Waals surface area contributed by atoms with Crippen LogP contribution in [0.15, 0.2) is 11.6 Å². The van der Waals surface area contributed by atoms with Crippen LogP contribution >= 0.6 is 0 Å². The van der Waals surface area contributed by atoms with Crippen molar-refractivity contribution in [3.8, 4) is 6.07 Å². The number of halogens is 1. The van der Waals surface area contributed by atoms with Gasteiger partial charge in [0, 0.05) is 12.3 Å². The number of hydrogen-bond acceptors (Lipinski definition) is 4. The summed E-state index contributed by atoms with van der Waals surface area (Å²) < 4.78 is 18.7. The molecule has 0 bridgehead atoms. The first-order valence-electron chi connectivity index (χ1n) is 14.8. The SMILES string of the molecule is CC(=O)C[C@@H]1[C@@]2(C)C=C(C#N)C(=O)[C@@H](C)[C@@H]2CC[C@@]1(C)C(C)(C)CC[C@@]1(COCF)CCC(C)(C)CC1C. The summed E-state index contributed by atoms with van der Waals surface area (Å²) in [4.78, 5) is 25.6. The van der Waals surface area contributed by atoms with E-state index in [1.165, 1.54) is 0 Å². The Bertz CT molecular complexity index is 993. The molecular weight excluding hydrogens is 477 g/mol. The molecule has 5 heteroatoms. The zero-order valence-corrected chi connectivity index (χ0v) is 25.5. The van der Waals surface area contributed by atoms with Gasteiger partial charge >= 0.3 is 0 Å². The summed E-state index contributed by atoms with van der Waals surface area (Å²) in [6.45, 7) is 19.6. The highest BCUT2D eigenvalue weighted by molar-refractivity contribution is 6.01. The van der Waals surface area contributed by atoms with Crippen LogP contribution < -0.4 is 0 Å². The van der Waals surface area contributed by atoms with E-state index in [1.54, 1.807) is 6.92 Å². The summed E-state index contributed by atoms with van der Waals surface area (Å²) in [5.74, 6) is 0.490. The number of rotatable bonds is 9. The Balaban J connectivity index is 1.98. The van der Waals surface area contributed by atoms with Crippen molar-refractivity contribution in [1.29, 1.82) is 5.26 Å². The van der Waals surface area contributed by atoms with Crippen LogP contribution in [0, 0.1) is 62.1 Å². The molecule has 214 valence electrons. The molecule has 0 aliphatic heterocycles. The van der Waals surface area contributed by atoms with E-state index in [-0.39, 0.29) is 51.1 Å². The lowest BCUT2D eigenvalue weighted by Gasteiger charge is -2.63. The molecule has 0 heterocycles. The average molecular weight is 530 g/mol. The third kappa shape index (κ3) is 5.41. The van der Waals surface area contributed by atoms with Gasteiger partial charge in [0.25, 0.3) is 0 Å². The molecule has 0 radical (unpaired) electrons. The minimum absolute atomic E-state index is 0.0286. The molecule has 3 aliphatic rings. The largest absolute Gasteiger partial charge is 0.350 e. The fraction of sp³-hybridized carbons (Fsp3) is 0.848. The van der Waals surface area contributed by atoms with Gasteiger partial charge in [-0.15, -0.1) is 0 Å². The summed E-state index contributed by atoms with van der Waals surface area (Å²) in [5.41, 5.74) is -0.174. The predicted octanol–water partition coefficient (Wildman–Crippen LogP) is 8.26. The number of fused-ring (bicyclic) bond motifs is 1. The Hall–Kier alpha value is -1.54. The molecule has 0 aromatic carbocycles. The van der Waals surface area contributed by atoms with Crippen molar-refractivity contribution < 1.29 is 18.7 Å². The zero-order chi connectivity index (χ0) is 28.7. The minimum Gasteiger partial charge on any atom is -0.350 e. The number of ketones is 2. The van der Waals surface area contributed by atoms with Gasteiger partial charge in [0.2, 0.25) is 0 Å². The predicted molar refractivity (Wildman–Crippen MR) is 150 cm³/mol. The van der Waals surface area contributed by atoms with Crippen molar-refractivity contribution in [1.82, 2.24) is 0 Å². The van der Waals surface area contributed by atoms with E-state index in [0.717, 1.165) is 44.9 Å². The normalized spacial score (nSPS) is 39.2. The molecule has 1 unspecified atom stereocenters. The van der Waals surface area contributed by atoms with Crippen LogP contribution in [0.1, 0.15) is 114 Å². The molecule has 4 nitrogen and oxygen atoms in total. The third-order valence-corrected chi connectivity index (χ3v) is 12.1. The first kappa shape index (κ1) is 31.0. The highest BCUT2D eigenvalue weighted by Crippen LogP contribution is 2.66. The molecule has 0 amide bonds. The van der Waals surface area contributed by atoms with E-state index in [1.807, 2.05) is 13.0 Å². The number of ether oxygens (including phenoxy) is 1. The van der Waals surface area contributed by atoms with Crippen LogP contribution in [0.4, 0.5) is 4.39 Å². The number of hydrogen-bond donors (Lipinski definition) is 0. The van der Waals surface area contributed by atoms with E-state index < -0.39 is 12.3 Å². The van der Waals surface area contributed by atoms with Crippen molar-refractivity contribution in [2.24, 2.45) is 50.7 Å². The molecule has 38 heavy (non-hydrogen) atoms. The van der Waals surface area contributed by atoms with Crippen LogP contribution in [0.5, 0.6) is 0 Å². The molecule has 0 spiro atoms. The lowest BCUT2D eigenvalue weighted by Crippen LogP contribution is -2.57. The zero-order valence-electron chi connectivity index (χ0n) is 25.5. The van der Waals surface area contributed by atoms with Crippen molar-refractivity contribution >= 4 is 11.6 Å². The number of carbonyl (C=O) groups excluding carboxylic acids is 2. The fourth-order valence-corrected chi connectivity index (χ4v) is 9.05. The quantitative estimate of drug-likeness (QED) is 0.301. The summed E-state index contributed by atoms with van der Waals surface area (Å²) >= 11 is 0. The summed E-state index contributed by atoms with van der Waals surface area (Å²) in [6, 6.07) is 2.17. The van der Waals surface area contributed by atoms with Crippen molar-refractivity contribution in [2.45, 2.75) is 114 Å². The van der Waals surface area contributed by atoms with Gasteiger partial charge in [0.15, 0.2) is 12.6 Å². The summed E-state index contributed by atoms with van der Waals surface area (Å²) in [6.07, 6.45) is 9.43. The van der Waals surface area contributed by atoms with Gasteiger partial charge in [-0.25, -0.2) is 4.39 Å². The third-order valence-electron chi connectivity index (χ3n) is 12.1. The number of alkyl halides is 1. The first-order chi connectivity index (χ1) is 17.5. The van der Waals surface area contributed by atoms with Crippen LogP contribution in [-0.2, 0) is 14.3 Å². The van der Waals surface area contributed by atoms with E-state index in [4.69, 9.17) is 4.74 Å². The minimum atomic E-state index is -0.746. The molecule has 0 aromatic rings. The molecular formula is C33H52FNO3. The van der Waals surface area contributed by atoms with Gasteiger partial charge in [-0.3, -0.25) is 4.79 Å². The molecule has 3 rings (SSSR count). The number of allylic oxidation sites excluding steroid dienone is 2. The maximum atomic E-state index is 13.2. The van der Waals surface area contributed by atoms with Gasteiger partial charge < -0.3 is 9.53 Å². The van der Waals surface area contributed by atoms with Crippen molar-refractivity contribution in [3.05, 3.63) is 11.6 Å².